The van der Waals surface area contributed by atoms with Crippen LogP contribution >= 0.6 is 0 Å². The monoisotopic (exact) mass is 229 g/mol. The molecule has 0 saturated heterocycles. The first kappa shape index (κ1) is 13.0. The van der Waals surface area contributed by atoms with Crippen LogP contribution in [0.2, 0.25) is 0 Å². The average Bonchev–Trinajstić information content (AvgIpc) is 2.25. The summed E-state index contributed by atoms with van der Waals surface area (Å²) in [5, 5.41) is 2.90. The number of esters is 1. The van der Waals surface area contributed by atoms with E-state index in [4.69, 9.17) is 4.74 Å². The van der Waals surface area contributed by atoms with Gasteiger partial charge in [0.2, 0.25) is 0 Å². The van der Waals surface area contributed by atoms with E-state index < -0.39 is 11.7 Å². The van der Waals surface area contributed by atoms with Gasteiger partial charge in [-0.1, -0.05) is 6.58 Å². The van der Waals surface area contributed by atoms with E-state index in [-0.39, 0.29) is 11.9 Å². The normalized spacial score (nSPS) is 31.6. The van der Waals surface area contributed by atoms with Crippen LogP contribution in [-0.2, 0) is 9.53 Å². The smallest absolute Gasteiger partial charge is 0.328 e. The fourth-order valence-corrected chi connectivity index (χ4v) is 2.23. The summed E-state index contributed by atoms with van der Waals surface area (Å²) < 4.78 is 18.3. The van der Waals surface area contributed by atoms with E-state index in [1.807, 2.05) is 0 Å². The van der Waals surface area contributed by atoms with Gasteiger partial charge in [-0.2, -0.15) is 0 Å². The zero-order valence-electron chi connectivity index (χ0n) is 9.96. The lowest BCUT2D eigenvalue weighted by Gasteiger charge is -2.34. The fourth-order valence-electron chi connectivity index (χ4n) is 2.23. The van der Waals surface area contributed by atoms with Crippen molar-refractivity contribution in [3.8, 4) is 0 Å². The van der Waals surface area contributed by atoms with Crippen molar-refractivity contribution in [1.82, 2.24) is 5.32 Å². The van der Waals surface area contributed by atoms with Gasteiger partial charge in [0.15, 0.2) is 0 Å². The molecule has 16 heavy (non-hydrogen) atoms. The zero-order valence-corrected chi connectivity index (χ0v) is 9.96. The number of carbonyl (C=O) groups excluding carboxylic acids is 1. The lowest BCUT2D eigenvalue weighted by atomic mass is 9.77. The van der Waals surface area contributed by atoms with Crippen molar-refractivity contribution in [3.05, 3.63) is 12.8 Å². The Morgan fingerprint density at radius 3 is 2.62 bits per heavy atom. The summed E-state index contributed by atoms with van der Waals surface area (Å²) >= 11 is 0. The molecule has 0 heterocycles. The van der Waals surface area contributed by atoms with Crippen molar-refractivity contribution in [3.63, 3.8) is 0 Å². The number of hydrogen-bond donors (Lipinski definition) is 1. The molecule has 0 radical (unpaired) electrons. The highest BCUT2D eigenvalue weighted by Gasteiger charge is 2.36. The zero-order chi connectivity index (χ0) is 12.2. The number of alkyl halides is 1. The number of nitrogens with one attached hydrogen (secondary N) is 1. The van der Waals surface area contributed by atoms with Crippen LogP contribution in [0.25, 0.3) is 0 Å². The molecule has 3 nitrogen and oxygen atoms in total. The second-order valence-corrected chi connectivity index (χ2v) is 4.62. The standard InChI is InChI=1S/C12H20FNO2/c1-4-14-10(11(15)16-3)9-5-7-12(2,13)8-6-9/h4,9-10,14H,1,5-8H2,2-3H3. The van der Waals surface area contributed by atoms with Gasteiger partial charge in [0, 0.05) is 0 Å². The van der Waals surface area contributed by atoms with Gasteiger partial charge in [-0.05, 0) is 44.7 Å². The number of ether oxygens (including phenoxy) is 1. The van der Waals surface area contributed by atoms with E-state index >= 15 is 0 Å². The lowest BCUT2D eigenvalue weighted by molar-refractivity contribution is -0.145. The molecule has 0 aliphatic heterocycles. The van der Waals surface area contributed by atoms with Crippen LogP contribution in [0.1, 0.15) is 32.6 Å². The van der Waals surface area contributed by atoms with Crippen molar-refractivity contribution < 1.29 is 13.9 Å². The molecule has 0 amide bonds. The van der Waals surface area contributed by atoms with E-state index in [2.05, 4.69) is 11.9 Å². The molecule has 1 aliphatic carbocycles. The van der Waals surface area contributed by atoms with Gasteiger partial charge in [-0.15, -0.1) is 0 Å². The van der Waals surface area contributed by atoms with Gasteiger partial charge < -0.3 is 10.1 Å². The molecule has 0 aromatic carbocycles. The molecule has 0 aromatic rings. The first-order chi connectivity index (χ1) is 7.50. The van der Waals surface area contributed by atoms with Crippen LogP contribution in [0.15, 0.2) is 12.8 Å². The Morgan fingerprint density at radius 1 is 1.62 bits per heavy atom. The minimum atomic E-state index is -1.08. The second kappa shape index (κ2) is 5.32. The van der Waals surface area contributed by atoms with Crippen molar-refractivity contribution in [2.75, 3.05) is 7.11 Å². The molecule has 1 N–H and O–H groups in total. The molecule has 1 saturated carbocycles. The van der Waals surface area contributed by atoms with Gasteiger partial charge in [-0.3, -0.25) is 0 Å². The molecule has 1 fully saturated rings. The predicted molar refractivity (Wildman–Crippen MR) is 60.6 cm³/mol. The number of halogens is 1. The van der Waals surface area contributed by atoms with Gasteiger partial charge in [0.1, 0.15) is 11.7 Å². The Morgan fingerprint density at radius 2 is 2.19 bits per heavy atom. The fraction of sp³-hybridized carbons (Fsp3) is 0.750. The van der Waals surface area contributed by atoms with Crippen LogP contribution in [0.4, 0.5) is 4.39 Å². The van der Waals surface area contributed by atoms with Crippen molar-refractivity contribution in [2.24, 2.45) is 5.92 Å². The van der Waals surface area contributed by atoms with Gasteiger partial charge in [0.05, 0.1) is 7.11 Å². The molecule has 4 heteroatoms. The van der Waals surface area contributed by atoms with E-state index in [9.17, 15) is 9.18 Å². The lowest BCUT2D eigenvalue weighted by Crippen LogP contribution is -2.44. The van der Waals surface area contributed by atoms with Gasteiger partial charge in [0.25, 0.3) is 0 Å². The summed E-state index contributed by atoms with van der Waals surface area (Å²) in [6.45, 7) is 5.17. The summed E-state index contributed by atoms with van der Waals surface area (Å²) in [5.41, 5.74) is -1.08. The maximum atomic E-state index is 13.6. The van der Waals surface area contributed by atoms with Crippen LogP contribution < -0.4 is 5.32 Å². The number of carbonyl (C=O) groups is 1. The molecule has 0 aromatic heterocycles. The van der Waals surface area contributed by atoms with Crippen LogP contribution in [0.5, 0.6) is 0 Å². The van der Waals surface area contributed by atoms with E-state index in [0.29, 0.717) is 25.7 Å². The van der Waals surface area contributed by atoms with Crippen LogP contribution in [-0.4, -0.2) is 24.8 Å². The molecule has 1 aliphatic rings. The maximum absolute atomic E-state index is 13.6. The highest BCUT2D eigenvalue weighted by Crippen LogP contribution is 2.36. The molecular formula is C12H20FNO2. The predicted octanol–water partition coefficient (Wildman–Crippen LogP) is 2.18. The average molecular weight is 229 g/mol. The highest BCUT2D eigenvalue weighted by atomic mass is 19.1. The summed E-state index contributed by atoms with van der Waals surface area (Å²) in [6, 6.07) is -0.390. The minimum absolute atomic E-state index is 0.134. The quantitative estimate of drug-likeness (QED) is 0.751. The molecule has 0 spiro atoms. The Balaban J connectivity index is 2.60. The topological polar surface area (TPSA) is 38.3 Å². The summed E-state index contributed by atoms with van der Waals surface area (Å²) in [5.74, 6) is -0.165. The van der Waals surface area contributed by atoms with Crippen molar-refractivity contribution in [2.45, 2.75) is 44.3 Å². The Kier molecular flexibility index (Phi) is 4.33. The summed E-state index contributed by atoms with van der Waals surface area (Å²) in [7, 11) is 1.36. The van der Waals surface area contributed by atoms with Crippen LogP contribution in [0.3, 0.4) is 0 Å². The van der Waals surface area contributed by atoms with Gasteiger partial charge in [-0.25, -0.2) is 9.18 Å². The van der Waals surface area contributed by atoms with Crippen molar-refractivity contribution in [1.29, 1.82) is 0 Å². The third-order valence-electron chi connectivity index (χ3n) is 3.30. The number of hydrogen-bond acceptors (Lipinski definition) is 3. The molecule has 1 atom stereocenters. The molecule has 0 bridgehead atoms. The second-order valence-electron chi connectivity index (χ2n) is 4.62. The number of rotatable bonds is 4. The Labute approximate surface area is 96.0 Å². The maximum Gasteiger partial charge on any atom is 0.328 e. The third-order valence-corrected chi connectivity index (χ3v) is 3.30. The Hall–Kier alpha value is -1.06. The van der Waals surface area contributed by atoms with Crippen molar-refractivity contribution >= 4 is 5.97 Å². The first-order valence-corrected chi connectivity index (χ1v) is 5.64. The molecule has 1 rings (SSSR count). The summed E-state index contributed by atoms with van der Waals surface area (Å²) in [4.78, 5) is 11.5. The van der Waals surface area contributed by atoms with E-state index in [1.165, 1.54) is 13.3 Å². The highest BCUT2D eigenvalue weighted by molar-refractivity contribution is 5.76. The molecule has 1 unspecified atom stereocenters. The number of methoxy groups -OCH3 is 1. The van der Waals surface area contributed by atoms with Gasteiger partial charge >= 0.3 is 5.97 Å². The minimum Gasteiger partial charge on any atom is -0.467 e. The third kappa shape index (κ3) is 3.22. The molecular weight excluding hydrogens is 209 g/mol. The summed E-state index contributed by atoms with van der Waals surface area (Å²) in [6.07, 6.45) is 3.90. The molecule has 92 valence electrons. The first-order valence-electron chi connectivity index (χ1n) is 5.64. The SMILES string of the molecule is C=CNC(C(=O)OC)C1CCC(C)(F)CC1. The van der Waals surface area contributed by atoms with E-state index in [0.717, 1.165) is 0 Å². The van der Waals surface area contributed by atoms with Crippen LogP contribution in [0, 0.1) is 5.92 Å². The Bertz CT molecular complexity index is 256. The van der Waals surface area contributed by atoms with E-state index in [1.54, 1.807) is 6.92 Å². The largest absolute Gasteiger partial charge is 0.467 e.